The zero-order chi connectivity index (χ0) is 8.27. The first kappa shape index (κ1) is 7.67. The number of rotatable bonds is 1. The van der Waals surface area contributed by atoms with Crippen molar-refractivity contribution in [2.45, 2.75) is 0 Å². The maximum Gasteiger partial charge on any atom is 0.300 e. The normalized spacial score (nSPS) is 9.09. The van der Waals surface area contributed by atoms with Crippen molar-refractivity contribution in [2.24, 2.45) is 5.73 Å². The van der Waals surface area contributed by atoms with Crippen LogP contribution in [0.4, 0.5) is 0 Å². The quantitative estimate of drug-likeness (QED) is 0.563. The fraction of sp³-hybridized carbons (Fsp3) is 0. The molecule has 1 aromatic rings. The van der Waals surface area contributed by atoms with Crippen molar-refractivity contribution < 1.29 is 9.53 Å². The zero-order valence-electron chi connectivity index (χ0n) is 5.40. The Morgan fingerprint density at radius 3 is 3.00 bits per heavy atom. The van der Waals surface area contributed by atoms with E-state index in [-0.39, 0.29) is 11.1 Å². The van der Waals surface area contributed by atoms with Gasteiger partial charge >= 0.3 is 0 Å². The fourth-order valence-corrected chi connectivity index (χ4v) is 0.524. The van der Waals surface area contributed by atoms with Gasteiger partial charge in [0.25, 0.3) is 17.0 Å². The molecule has 0 bridgehead atoms. The van der Waals surface area contributed by atoms with Gasteiger partial charge < -0.3 is 15.5 Å². The van der Waals surface area contributed by atoms with Crippen molar-refractivity contribution in [3.05, 3.63) is 12.4 Å². The van der Waals surface area contributed by atoms with E-state index in [2.05, 4.69) is 22.2 Å². The zero-order valence-corrected chi connectivity index (χ0v) is 6.22. The molecular weight excluding hydrogens is 166 g/mol. The molecule has 1 amide bonds. The van der Waals surface area contributed by atoms with E-state index in [1.807, 2.05) is 0 Å². The van der Waals surface area contributed by atoms with Crippen molar-refractivity contribution in [3.8, 4) is 6.01 Å². The van der Waals surface area contributed by atoms with Gasteiger partial charge in [-0.05, 0) is 12.2 Å². The molecule has 0 saturated heterocycles. The highest BCUT2D eigenvalue weighted by Gasteiger charge is 2.06. The van der Waals surface area contributed by atoms with Crippen LogP contribution in [0.2, 0.25) is 0 Å². The van der Waals surface area contributed by atoms with Gasteiger partial charge in [0, 0.05) is 12.4 Å². The lowest BCUT2D eigenvalue weighted by atomic mass is 10.7. The molecule has 0 radical (unpaired) electrons. The Bertz CT molecular complexity index is 269. The van der Waals surface area contributed by atoms with Crippen LogP contribution in [0, 0.1) is 0 Å². The number of aromatic amines is 1. The number of carbonyl (C=O) groups is 1. The Balaban J connectivity index is 2.57. The number of H-pyrrole nitrogens is 1. The summed E-state index contributed by atoms with van der Waals surface area (Å²) in [4.78, 5) is 16.6. The third-order valence-electron chi connectivity index (χ3n) is 0.864. The molecule has 0 aliphatic rings. The van der Waals surface area contributed by atoms with Gasteiger partial charge in [-0.25, -0.2) is 4.98 Å². The molecule has 0 spiro atoms. The predicted octanol–water partition coefficient (Wildman–Crippen LogP) is -0.399. The first-order valence-corrected chi connectivity index (χ1v) is 3.12. The second-order valence-electron chi connectivity index (χ2n) is 1.65. The molecule has 58 valence electrons. The van der Waals surface area contributed by atoms with Gasteiger partial charge in [-0.2, -0.15) is 0 Å². The summed E-state index contributed by atoms with van der Waals surface area (Å²) in [5.74, 6) is -0.781. The molecule has 1 aromatic heterocycles. The minimum absolute atomic E-state index is 0.161. The lowest BCUT2D eigenvalue weighted by Gasteiger charge is -1.96. The molecule has 11 heavy (non-hydrogen) atoms. The number of nitrogens with two attached hydrogens (primary N) is 1. The number of primary amides is 1. The van der Waals surface area contributed by atoms with Crippen molar-refractivity contribution in [3.63, 3.8) is 0 Å². The molecule has 0 aromatic carbocycles. The third kappa shape index (κ3) is 2.01. The number of carbonyl (C=O) groups excluding carboxylic acids is 1. The minimum Gasteiger partial charge on any atom is -0.408 e. The Morgan fingerprint density at radius 2 is 2.55 bits per heavy atom. The first-order chi connectivity index (χ1) is 5.20. The molecule has 1 rings (SSSR count). The summed E-state index contributed by atoms with van der Waals surface area (Å²) in [6.07, 6.45) is 3.01. The van der Waals surface area contributed by atoms with E-state index in [0.717, 1.165) is 0 Å². The Kier molecular flexibility index (Phi) is 2.17. The number of aromatic nitrogens is 2. The van der Waals surface area contributed by atoms with Gasteiger partial charge in [0.15, 0.2) is 0 Å². The van der Waals surface area contributed by atoms with E-state index in [1.54, 1.807) is 6.20 Å². The topological polar surface area (TPSA) is 81.0 Å². The summed E-state index contributed by atoms with van der Waals surface area (Å²) >= 11 is 4.47. The predicted molar refractivity (Wildman–Crippen MR) is 41.0 cm³/mol. The van der Waals surface area contributed by atoms with Crippen molar-refractivity contribution in [2.75, 3.05) is 0 Å². The Hall–Kier alpha value is -1.43. The van der Waals surface area contributed by atoms with Gasteiger partial charge in [-0.3, -0.25) is 4.79 Å². The molecule has 5 nitrogen and oxygen atoms in total. The molecule has 0 atom stereocenters. The van der Waals surface area contributed by atoms with Gasteiger partial charge in [-0.15, -0.1) is 0 Å². The first-order valence-electron chi connectivity index (χ1n) is 2.71. The molecule has 0 aliphatic heterocycles. The van der Waals surface area contributed by atoms with Crippen LogP contribution in [0.25, 0.3) is 0 Å². The largest absolute Gasteiger partial charge is 0.408 e. The van der Waals surface area contributed by atoms with Crippen LogP contribution < -0.4 is 10.5 Å². The summed E-state index contributed by atoms with van der Waals surface area (Å²) in [5.41, 5.74) is 4.81. The van der Waals surface area contributed by atoms with Crippen LogP contribution in [-0.2, 0) is 4.79 Å². The van der Waals surface area contributed by atoms with Crippen molar-refractivity contribution in [1.29, 1.82) is 0 Å². The highest BCUT2D eigenvalue weighted by Crippen LogP contribution is 1.98. The van der Waals surface area contributed by atoms with Crippen LogP contribution in [-0.4, -0.2) is 20.9 Å². The monoisotopic (exact) mass is 171 g/mol. The summed E-state index contributed by atoms with van der Waals surface area (Å²) in [6, 6.07) is 0.161. The molecule has 0 fully saturated rings. The highest BCUT2D eigenvalue weighted by molar-refractivity contribution is 7.81. The third-order valence-corrected chi connectivity index (χ3v) is 1.15. The lowest BCUT2D eigenvalue weighted by molar-refractivity contribution is -0.112. The smallest absolute Gasteiger partial charge is 0.300 e. The number of amides is 1. The highest BCUT2D eigenvalue weighted by atomic mass is 32.1. The molecule has 0 saturated carbocycles. The van der Waals surface area contributed by atoms with Gasteiger partial charge in [-0.1, -0.05) is 0 Å². The van der Waals surface area contributed by atoms with Crippen LogP contribution >= 0.6 is 12.2 Å². The van der Waals surface area contributed by atoms with E-state index < -0.39 is 5.91 Å². The van der Waals surface area contributed by atoms with E-state index in [0.29, 0.717) is 0 Å². The maximum absolute atomic E-state index is 10.3. The summed E-state index contributed by atoms with van der Waals surface area (Å²) < 4.78 is 4.71. The van der Waals surface area contributed by atoms with Gasteiger partial charge in [0.2, 0.25) is 0 Å². The Morgan fingerprint density at radius 1 is 1.82 bits per heavy atom. The van der Waals surface area contributed by atoms with E-state index in [4.69, 9.17) is 10.5 Å². The number of thiocarbonyl (C=S) groups is 1. The van der Waals surface area contributed by atoms with Crippen molar-refractivity contribution >= 4 is 23.2 Å². The number of hydrogen-bond donors (Lipinski definition) is 2. The van der Waals surface area contributed by atoms with Gasteiger partial charge in [0.05, 0.1) is 0 Å². The van der Waals surface area contributed by atoms with Crippen LogP contribution in [0.15, 0.2) is 12.4 Å². The van der Waals surface area contributed by atoms with Crippen LogP contribution in [0.1, 0.15) is 0 Å². The van der Waals surface area contributed by atoms with E-state index in [1.165, 1.54) is 6.20 Å². The molecule has 3 N–H and O–H groups in total. The second kappa shape index (κ2) is 3.11. The molecular formula is C5H5N3O2S. The average molecular weight is 171 g/mol. The standard InChI is InChI=1S/C5H5N3O2S/c6-3(9)4(11)10-5-7-1-2-8-5/h1-2H,(H2,6,9)(H,7,8). The summed E-state index contributed by atoms with van der Waals surface area (Å²) in [5, 5.41) is -0.306. The number of nitrogens with one attached hydrogen (secondary N) is 1. The van der Waals surface area contributed by atoms with Crippen LogP contribution in [0.3, 0.4) is 0 Å². The van der Waals surface area contributed by atoms with E-state index >= 15 is 0 Å². The number of hydrogen-bond acceptors (Lipinski definition) is 4. The Labute approximate surface area is 67.6 Å². The average Bonchev–Trinajstić information content (AvgIpc) is 2.39. The van der Waals surface area contributed by atoms with Crippen LogP contribution in [0.5, 0.6) is 6.01 Å². The van der Waals surface area contributed by atoms with Gasteiger partial charge in [0.1, 0.15) is 0 Å². The molecule has 0 unspecified atom stereocenters. The lowest BCUT2D eigenvalue weighted by Crippen LogP contribution is -2.26. The van der Waals surface area contributed by atoms with Crippen molar-refractivity contribution in [1.82, 2.24) is 9.97 Å². The molecule has 1 heterocycles. The number of imidazole rings is 1. The number of ether oxygens (including phenoxy) is 1. The summed E-state index contributed by atoms with van der Waals surface area (Å²) in [6.45, 7) is 0. The van der Waals surface area contributed by atoms with E-state index in [9.17, 15) is 4.79 Å². The second-order valence-corrected chi connectivity index (χ2v) is 2.02. The molecule has 6 heteroatoms. The number of nitrogens with zero attached hydrogens (tertiary/aromatic N) is 1. The SMILES string of the molecule is NC(=O)C(=S)Oc1ncc[nH]1. The molecule has 0 aliphatic carbocycles. The fourth-order valence-electron chi connectivity index (χ4n) is 0.445. The minimum atomic E-state index is -0.781. The summed E-state index contributed by atoms with van der Waals surface area (Å²) in [7, 11) is 0. The maximum atomic E-state index is 10.3.